The standard InChI is InChI=1S/C22H28O5/c1-3-17(23)26-21-7-12-4-14(9-21)11(2)22(8-12,10-21)27-18-13-5-15-16(6-13)20(24)25-19(15)18/h3,11-16,18-19H,1,4-10H2,2H3. The molecule has 1 heterocycles. The molecule has 10 atom stereocenters. The topological polar surface area (TPSA) is 61.8 Å². The van der Waals surface area contributed by atoms with Crippen LogP contribution in [0.4, 0.5) is 0 Å². The van der Waals surface area contributed by atoms with E-state index in [0.29, 0.717) is 29.6 Å². The summed E-state index contributed by atoms with van der Waals surface area (Å²) in [6, 6.07) is 0. The maximum Gasteiger partial charge on any atom is 0.330 e. The van der Waals surface area contributed by atoms with Crippen molar-refractivity contribution in [2.45, 2.75) is 75.3 Å². The lowest BCUT2D eigenvalue weighted by Crippen LogP contribution is -2.66. The van der Waals surface area contributed by atoms with Crippen LogP contribution >= 0.6 is 0 Å². The average Bonchev–Trinajstić information content (AvgIpc) is 3.23. The third-order valence-corrected chi connectivity index (χ3v) is 8.99. The van der Waals surface area contributed by atoms with E-state index in [-0.39, 0.29) is 35.7 Å². The number of ether oxygens (including phenoxy) is 3. The molecule has 6 bridgehead atoms. The maximum absolute atomic E-state index is 12.1. The van der Waals surface area contributed by atoms with Gasteiger partial charge in [-0.25, -0.2) is 4.79 Å². The Kier molecular flexibility index (Phi) is 3.17. The van der Waals surface area contributed by atoms with Crippen LogP contribution in [0.15, 0.2) is 12.7 Å². The largest absolute Gasteiger partial charge is 0.459 e. The summed E-state index contributed by atoms with van der Waals surface area (Å²) >= 11 is 0. The number of carbonyl (C=O) groups is 2. The first-order valence-corrected chi connectivity index (χ1v) is 10.7. The van der Waals surface area contributed by atoms with Gasteiger partial charge in [0.2, 0.25) is 0 Å². The quantitative estimate of drug-likeness (QED) is 0.561. The molecule has 1 saturated heterocycles. The lowest BCUT2D eigenvalue weighted by Gasteiger charge is -2.64. The minimum absolute atomic E-state index is 0.00598. The summed E-state index contributed by atoms with van der Waals surface area (Å²) in [5.74, 6) is 2.17. The van der Waals surface area contributed by atoms with E-state index < -0.39 is 5.60 Å². The summed E-state index contributed by atoms with van der Waals surface area (Å²) in [5, 5.41) is 0. The number of hydrogen-bond donors (Lipinski definition) is 0. The lowest BCUT2D eigenvalue weighted by molar-refractivity contribution is -0.277. The third kappa shape index (κ3) is 2.10. The van der Waals surface area contributed by atoms with Crippen molar-refractivity contribution < 1.29 is 23.8 Å². The van der Waals surface area contributed by atoms with Crippen LogP contribution in [0.1, 0.15) is 51.9 Å². The Morgan fingerprint density at radius 3 is 2.89 bits per heavy atom. The zero-order valence-corrected chi connectivity index (χ0v) is 15.9. The van der Waals surface area contributed by atoms with Crippen molar-refractivity contribution in [2.24, 2.45) is 35.5 Å². The van der Waals surface area contributed by atoms with Crippen LogP contribution in [0.3, 0.4) is 0 Å². The smallest absolute Gasteiger partial charge is 0.330 e. The number of carbonyl (C=O) groups excluding carboxylic acids is 2. The molecule has 0 spiro atoms. The molecular weight excluding hydrogens is 344 g/mol. The van der Waals surface area contributed by atoms with E-state index in [0.717, 1.165) is 38.5 Å². The zero-order valence-electron chi connectivity index (χ0n) is 15.9. The van der Waals surface area contributed by atoms with Crippen LogP contribution in [-0.4, -0.2) is 35.3 Å². The van der Waals surface area contributed by atoms with E-state index >= 15 is 0 Å². The van der Waals surface area contributed by atoms with Gasteiger partial charge in [0.15, 0.2) is 0 Å². The Bertz CT molecular complexity index is 732. The average molecular weight is 372 g/mol. The normalized spacial score (nSPS) is 56.4. The Labute approximate surface area is 159 Å². The summed E-state index contributed by atoms with van der Waals surface area (Å²) in [7, 11) is 0. The van der Waals surface area contributed by atoms with E-state index in [9.17, 15) is 9.59 Å². The minimum Gasteiger partial charge on any atom is -0.459 e. The molecule has 6 aliphatic carbocycles. The van der Waals surface area contributed by atoms with Gasteiger partial charge >= 0.3 is 11.9 Å². The predicted molar refractivity (Wildman–Crippen MR) is 95.4 cm³/mol. The second kappa shape index (κ2) is 5.16. The van der Waals surface area contributed by atoms with E-state index in [4.69, 9.17) is 14.2 Å². The Hall–Kier alpha value is -1.36. The maximum atomic E-state index is 12.1. The van der Waals surface area contributed by atoms with Crippen molar-refractivity contribution in [1.82, 2.24) is 0 Å². The molecule has 1 aliphatic heterocycles. The summed E-state index contributed by atoms with van der Waals surface area (Å²) in [4.78, 5) is 24.2. The minimum atomic E-state index is -0.393. The van der Waals surface area contributed by atoms with Crippen LogP contribution < -0.4 is 0 Å². The molecule has 7 aliphatic rings. The Morgan fingerprint density at radius 2 is 2.07 bits per heavy atom. The summed E-state index contributed by atoms with van der Waals surface area (Å²) in [5.41, 5.74) is -0.638. The van der Waals surface area contributed by atoms with Crippen molar-refractivity contribution in [3.8, 4) is 0 Å². The fraction of sp³-hybridized carbons (Fsp3) is 0.818. The molecule has 0 N–H and O–H groups in total. The fourth-order valence-corrected chi connectivity index (χ4v) is 8.15. The molecule has 7 fully saturated rings. The van der Waals surface area contributed by atoms with Crippen molar-refractivity contribution in [3.63, 3.8) is 0 Å². The van der Waals surface area contributed by atoms with Gasteiger partial charge in [-0.05, 0) is 62.2 Å². The Balaban J connectivity index is 1.31. The zero-order chi connectivity index (χ0) is 18.6. The predicted octanol–water partition coefficient (Wildman–Crippen LogP) is 3.02. The molecule has 10 unspecified atom stereocenters. The Morgan fingerprint density at radius 1 is 1.22 bits per heavy atom. The van der Waals surface area contributed by atoms with Gasteiger partial charge in [-0.3, -0.25) is 4.79 Å². The molecule has 146 valence electrons. The van der Waals surface area contributed by atoms with Crippen LogP contribution in [0, 0.1) is 35.5 Å². The van der Waals surface area contributed by atoms with E-state index in [1.54, 1.807) is 0 Å². The molecule has 0 radical (unpaired) electrons. The van der Waals surface area contributed by atoms with E-state index in [1.165, 1.54) is 12.5 Å². The van der Waals surface area contributed by atoms with Gasteiger partial charge in [0.25, 0.3) is 0 Å². The first kappa shape index (κ1) is 16.6. The second-order valence-electron chi connectivity index (χ2n) is 10.3. The first-order valence-electron chi connectivity index (χ1n) is 10.7. The summed E-state index contributed by atoms with van der Waals surface area (Å²) < 4.78 is 18.7. The molecule has 27 heavy (non-hydrogen) atoms. The van der Waals surface area contributed by atoms with Gasteiger partial charge in [0, 0.05) is 18.4 Å². The third-order valence-electron chi connectivity index (χ3n) is 8.99. The van der Waals surface area contributed by atoms with E-state index in [2.05, 4.69) is 13.5 Å². The monoisotopic (exact) mass is 372 g/mol. The van der Waals surface area contributed by atoms with Crippen molar-refractivity contribution >= 4 is 11.9 Å². The first-order chi connectivity index (χ1) is 12.9. The highest BCUT2D eigenvalue weighted by atomic mass is 16.6. The highest BCUT2D eigenvalue weighted by molar-refractivity contribution is 5.81. The van der Waals surface area contributed by atoms with Gasteiger partial charge in [-0.2, -0.15) is 0 Å². The van der Waals surface area contributed by atoms with Gasteiger partial charge in [0.05, 0.1) is 17.6 Å². The van der Waals surface area contributed by atoms with Gasteiger partial charge in [-0.1, -0.05) is 13.5 Å². The molecule has 5 nitrogen and oxygen atoms in total. The van der Waals surface area contributed by atoms with Crippen molar-refractivity contribution in [1.29, 1.82) is 0 Å². The molecule has 5 heteroatoms. The number of fused-ring (bicyclic) bond motifs is 1. The molecule has 0 aromatic heterocycles. The number of rotatable bonds is 4. The summed E-state index contributed by atoms with van der Waals surface area (Å²) in [6.07, 6.45) is 8.22. The molecule has 0 aromatic carbocycles. The van der Waals surface area contributed by atoms with Crippen LogP contribution in [0.2, 0.25) is 0 Å². The van der Waals surface area contributed by atoms with Crippen molar-refractivity contribution in [3.05, 3.63) is 12.7 Å². The number of hydrogen-bond acceptors (Lipinski definition) is 5. The molecule has 0 aromatic rings. The van der Waals surface area contributed by atoms with Gasteiger partial charge < -0.3 is 14.2 Å². The molecular formula is C22H28O5. The molecule has 7 rings (SSSR count). The SMILES string of the molecule is C=CC(=O)OC12CC3CC(C1)C(C)C(OC1C4CC5C(=O)OC1C5C4)(C3)C2. The highest BCUT2D eigenvalue weighted by Crippen LogP contribution is 2.65. The van der Waals surface area contributed by atoms with Crippen LogP contribution in [0.25, 0.3) is 0 Å². The summed E-state index contributed by atoms with van der Waals surface area (Å²) in [6.45, 7) is 5.90. The second-order valence-corrected chi connectivity index (χ2v) is 10.3. The van der Waals surface area contributed by atoms with E-state index in [1.807, 2.05) is 0 Å². The van der Waals surface area contributed by atoms with Gasteiger partial charge in [-0.15, -0.1) is 0 Å². The van der Waals surface area contributed by atoms with Gasteiger partial charge in [0.1, 0.15) is 11.7 Å². The van der Waals surface area contributed by atoms with Crippen molar-refractivity contribution in [2.75, 3.05) is 0 Å². The molecule has 0 amide bonds. The highest BCUT2D eigenvalue weighted by Gasteiger charge is 2.68. The fourth-order valence-electron chi connectivity index (χ4n) is 8.15. The van der Waals surface area contributed by atoms with Crippen LogP contribution in [-0.2, 0) is 23.8 Å². The van der Waals surface area contributed by atoms with Crippen LogP contribution in [0.5, 0.6) is 0 Å². The lowest BCUT2D eigenvalue weighted by atomic mass is 9.48. The number of esters is 2. The molecule has 6 saturated carbocycles.